The molecule has 0 aliphatic carbocycles. The summed E-state index contributed by atoms with van der Waals surface area (Å²) in [5, 5.41) is 0. The number of ether oxygens (including phenoxy) is 2. The fourth-order valence-electron chi connectivity index (χ4n) is 5.52. The Balaban J connectivity index is 1.26. The van der Waals surface area contributed by atoms with Crippen molar-refractivity contribution in [2.24, 2.45) is 17.3 Å². The summed E-state index contributed by atoms with van der Waals surface area (Å²) in [4.78, 5) is 13.0. The quantitative estimate of drug-likeness (QED) is 0.541. The molecule has 0 unspecified atom stereocenters. The van der Waals surface area contributed by atoms with E-state index < -0.39 is 15.7 Å². The third-order valence-corrected chi connectivity index (χ3v) is 9.09. The summed E-state index contributed by atoms with van der Waals surface area (Å²) in [5.74, 6) is 1.00. The Hall–Kier alpha value is -2.30. The number of rotatable bonds is 8. The first-order chi connectivity index (χ1) is 16.7. The molecule has 3 saturated heterocycles. The minimum atomic E-state index is -3.72. The van der Waals surface area contributed by atoms with Crippen LogP contribution in [0.4, 0.5) is 10.2 Å². The second-order valence-corrected chi connectivity index (χ2v) is 12.7. The molecule has 10 heteroatoms. The molecule has 2 aromatic rings. The highest BCUT2D eigenvalue weighted by Gasteiger charge is 2.52. The van der Waals surface area contributed by atoms with Gasteiger partial charge in [0.15, 0.2) is 21.4 Å². The van der Waals surface area contributed by atoms with Crippen LogP contribution in [0, 0.1) is 23.1 Å². The summed E-state index contributed by atoms with van der Waals surface area (Å²) >= 11 is 0. The highest BCUT2D eigenvalue weighted by atomic mass is 32.2. The van der Waals surface area contributed by atoms with Gasteiger partial charge in [0.2, 0.25) is 0 Å². The molecule has 8 nitrogen and oxygen atoms in total. The predicted octanol–water partition coefficient (Wildman–Crippen LogP) is 3.39. The number of benzene rings is 1. The highest BCUT2D eigenvalue weighted by Crippen LogP contribution is 2.45. The lowest BCUT2D eigenvalue weighted by Gasteiger charge is -2.61. The molecule has 35 heavy (non-hydrogen) atoms. The average molecular weight is 505 g/mol. The van der Waals surface area contributed by atoms with Crippen molar-refractivity contribution in [3.05, 3.63) is 36.5 Å². The van der Waals surface area contributed by atoms with E-state index in [0.717, 1.165) is 70.8 Å². The van der Waals surface area contributed by atoms with E-state index in [0.29, 0.717) is 11.6 Å². The number of hydrogen-bond donors (Lipinski definition) is 0. The second-order valence-electron chi connectivity index (χ2n) is 10.7. The standard InChI is InChI=1S/C25H33FN4O4S/c1-18(2)12-35(31,32)23-9-20(26)3-4-21(23)34-22-10-27-17-28-24(22)30-15-25(16-30)13-29(14-25)11-19-5-7-33-8-6-19/h3-4,9-10,17-19H,5-8,11-16H2,1-2H3. The molecule has 190 valence electrons. The zero-order chi connectivity index (χ0) is 24.6. The Morgan fingerprint density at radius 2 is 1.91 bits per heavy atom. The third-order valence-electron chi connectivity index (χ3n) is 7.00. The Morgan fingerprint density at radius 3 is 2.63 bits per heavy atom. The molecule has 1 spiro atoms. The van der Waals surface area contributed by atoms with E-state index in [1.165, 1.54) is 24.7 Å². The van der Waals surface area contributed by atoms with Crippen LogP contribution in [0.25, 0.3) is 0 Å². The van der Waals surface area contributed by atoms with Gasteiger partial charge in [-0.05, 0) is 42.9 Å². The van der Waals surface area contributed by atoms with Crippen molar-refractivity contribution in [1.29, 1.82) is 0 Å². The fraction of sp³-hybridized carbons (Fsp3) is 0.600. The Kier molecular flexibility index (Phi) is 6.71. The van der Waals surface area contributed by atoms with E-state index in [9.17, 15) is 12.8 Å². The number of anilines is 1. The molecular formula is C25H33FN4O4S. The van der Waals surface area contributed by atoms with Gasteiger partial charge in [0.25, 0.3) is 0 Å². The first-order valence-corrected chi connectivity index (χ1v) is 13.9. The predicted molar refractivity (Wildman–Crippen MR) is 130 cm³/mol. The molecule has 0 bridgehead atoms. The van der Waals surface area contributed by atoms with Crippen molar-refractivity contribution in [2.75, 3.05) is 56.6 Å². The topological polar surface area (TPSA) is 84.9 Å². The molecule has 3 aliphatic rings. The van der Waals surface area contributed by atoms with Gasteiger partial charge in [-0.15, -0.1) is 0 Å². The van der Waals surface area contributed by atoms with Gasteiger partial charge >= 0.3 is 0 Å². The number of hydrogen-bond acceptors (Lipinski definition) is 8. The van der Waals surface area contributed by atoms with Crippen molar-refractivity contribution in [3.8, 4) is 11.5 Å². The van der Waals surface area contributed by atoms with E-state index in [1.807, 2.05) is 13.8 Å². The molecule has 0 amide bonds. The average Bonchev–Trinajstić information content (AvgIpc) is 2.76. The number of sulfone groups is 1. The number of aromatic nitrogens is 2. The second kappa shape index (κ2) is 9.63. The summed E-state index contributed by atoms with van der Waals surface area (Å²) in [6.07, 6.45) is 5.30. The minimum absolute atomic E-state index is 0.0876. The van der Waals surface area contributed by atoms with Crippen LogP contribution < -0.4 is 9.64 Å². The SMILES string of the molecule is CC(C)CS(=O)(=O)c1cc(F)ccc1Oc1cncnc1N1CC2(CN(CC3CCOCC3)C2)C1. The minimum Gasteiger partial charge on any atom is -0.450 e. The van der Waals surface area contributed by atoms with Gasteiger partial charge in [-0.3, -0.25) is 0 Å². The highest BCUT2D eigenvalue weighted by molar-refractivity contribution is 7.91. The number of nitrogens with zero attached hydrogens (tertiary/aromatic N) is 4. The Labute approximate surface area is 206 Å². The van der Waals surface area contributed by atoms with Crippen molar-refractivity contribution in [3.63, 3.8) is 0 Å². The molecular weight excluding hydrogens is 471 g/mol. The molecule has 4 heterocycles. The number of halogens is 1. The van der Waals surface area contributed by atoms with Gasteiger partial charge in [-0.1, -0.05) is 13.8 Å². The van der Waals surface area contributed by atoms with E-state index in [4.69, 9.17) is 9.47 Å². The third kappa shape index (κ3) is 5.29. The monoisotopic (exact) mass is 504 g/mol. The van der Waals surface area contributed by atoms with Crippen LogP contribution in [-0.4, -0.2) is 75.0 Å². The summed E-state index contributed by atoms with van der Waals surface area (Å²) in [6.45, 7) is 10.4. The van der Waals surface area contributed by atoms with Crippen LogP contribution in [0.15, 0.2) is 35.6 Å². The van der Waals surface area contributed by atoms with E-state index in [2.05, 4.69) is 19.8 Å². The molecule has 0 radical (unpaired) electrons. The maximum Gasteiger partial charge on any atom is 0.188 e. The maximum atomic E-state index is 14.0. The number of likely N-dealkylation sites (tertiary alicyclic amines) is 1. The molecule has 0 atom stereocenters. The zero-order valence-electron chi connectivity index (χ0n) is 20.3. The van der Waals surface area contributed by atoms with Gasteiger partial charge < -0.3 is 19.3 Å². The van der Waals surface area contributed by atoms with Crippen molar-refractivity contribution >= 4 is 15.7 Å². The van der Waals surface area contributed by atoms with Gasteiger partial charge in [0, 0.05) is 51.4 Å². The van der Waals surface area contributed by atoms with Crippen LogP contribution in [0.5, 0.6) is 11.5 Å². The van der Waals surface area contributed by atoms with E-state index >= 15 is 0 Å². The maximum absolute atomic E-state index is 14.0. The van der Waals surface area contributed by atoms with Crippen LogP contribution in [-0.2, 0) is 14.6 Å². The van der Waals surface area contributed by atoms with Gasteiger partial charge in [-0.25, -0.2) is 22.8 Å². The Bertz CT molecular complexity index is 1160. The van der Waals surface area contributed by atoms with Crippen molar-refractivity contribution < 1.29 is 22.3 Å². The normalized spacial score (nSPS) is 20.6. The van der Waals surface area contributed by atoms with Crippen LogP contribution >= 0.6 is 0 Å². The molecule has 0 N–H and O–H groups in total. The molecule has 1 aromatic carbocycles. The van der Waals surface area contributed by atoms with Crippen molar-refractivity contribution in [2.45, 2.75) is 31.6 Å². The molecule has 5 rings (SSSR count). The Morgan fingerprint density at radius 1 is 1.17 bits per heavy atom. The van der Waals surface area contributed by atoms with Crippen molar-refractivity contribution in [1.82, 2.24) is 14.9 Å². The molecule has 1 aromatic heterocycles. The zero-order valence-corrected chi connectivity index (χ0v) is 21.1. The lowest BCUT2D eigenvalue weighted by Crippen LogP contribution is -2.72. The van der Waals surface area contributed by atoms with E-state index in [-0.39, 0.29) is 27.7 Å². The smallest absolute Gasteiger partial charge is 0.188 e. The van der Waals surface area contributed by atoms with Crippen LogP contribution in [0.2, 0.25) is 0 Å². The molecule has 3 fully saturated rings. The molecule has 0 saturated carbocycles. The summed E-state index contributed by atoms with van der Waals surface area (Å²) in [5.41, 5.74) is 0.273. The largest absolute Gasteiger partial charge is 0.450 e. The van der Waals surface area contributed by atoms with Gasteiger partial charge in [0.05, 0.1) is 11.9 Å². The van der Waals surface area contributed by atoms with Gasteiger partial charge in [-0.2, -0.15) is 0 Å². The lowest BCUT2D eigenvalue weighted by atomic mass is 9.72. The van der Waals surface area contributed by atoms with Gasteiger partial charge in [0.1, 0.15) is 22.8 Å². The first kappa shape index (κ1) is 24.4. The first-order valence-electron chi connectivity index (χ1n) is 12.3. The van der Waals surface area contributed by atoms with E-state index in [1.54, 1.807) is 0 Å². The summed E-state index contributed by atoms with van der Waals surface area (Å²) in [7, 11) is -3.72. The fourth-order valence-corrected chi connectivity index (χ4v) is 7.28. The summed E-state index contributed by atoms with van der Waals surface area (Å²) in [6, 6.07) is 3.58. The van der Waals surface area contributed by atoms with Crippen LogP contribution in [0.1, 0.15) is 26.7 Å². The lowest BCUT2D eigenvalue weighted by molar-refractivity contribution is -0.0430. The summed E-state index contributed by atoms with van der Waals surface area (Å²) < 4.78 is 51.3. The van der Waals surface area contributed by atoms with Crippen LogP contribution in [0.3, 0.4) is 0 Å². The molecule has 3 aliphatic heterocycles.